The highest BCUT2D eigenvalue weighted by Crippen LogP contribution is 1.95. The van der Waals surface area contributed by atoms with Crippen molar-refractivity contribution in [1.82, 2.24) is 20.3 Å². The second-order valence-corrected chi connectivity index (χ2v) is 3.92. The van der Waals surface area contributed by atoms with E-state index in [4.69, 9.17) is 9.84 Å². The van der Waals surface area contributed by atoms with E-state index in [0.29, 0.717) is 19.7 Å². The van der Waals surface area contributed by atoms with Crippen LogP contribution in [0.25, 0.3) is 0 Å². The first-order valence-corrected chi connectivity index (χ1v) is 6.06. The molecule has 0 atom stereocenters. The van der Waals surface area contributed by atoms with Gasteiger partial charge in [0.15, 0.2) is 0 Å². The Hall–Kier alpha value is -1.47. The number of ether oxygens (including phenoxy) is 1. The third kappa shape index (κ3) is 6.31. The molecule has 0 aliphatic rings. The summed E-state index contributed by atoms with van der Waals surface area (Å²) in [6.45, 7) is 4.07. The van der Waals surface area contributed by atoms with Crippen LogP contribution in [0.1, 0.15) is 25.5 Å². The number of nitrogens with one attached hydrogen (secondary N) is 1. The van der Waals surface area contributed by atoms with Gasteiger partial charge in [-0.3, -0.25) is 9.48 Å². The topological polar surface area (TPSA) is 89.3 Å². The smallest absolute Gasteiger partial charge is 0.302 e. The van der Waals surface area contributed by atoms with Gasteiger partial charge in [0.1, 0.15) is 0 Å². The third-order valence-corrected chi connectivity index (χ3v) is 2.24. The van der Waals surface area contributed by atoms with Gasteiger partial charge in [-0.05, 0) is 13.0 Å². The predicted molar refractivity (Wildman–Crippen MR) is 64.7 cm³/mol. The van der Waals surface area contributed by atoms with Crippen LogP contribution in [0.2, 0.25) is 0 Å². The summed E-state index contributed by atoms with van der Waals surface area (Å²) >= 11 is 0. The molecule has 1 heterocycles. The molecule has 1 aromatic heterocycles. The molecule has 7 heteroatoms. The van der Waals surface area contributed by atoms with E-state index >= 15 is 0 Å². The van der Waals surface area contributed by atoms with E-state index in [1.807, 2.05) is 6.20 Å². The number of aryl methyl sites for hydroxylation is 1. The maximum atomic E-state index is 10.5. The number of esters is 1. The van der Waals surface area contributed by atoms with Gasteiger partial charge in [0, 0.05) is 39.2 Å². The van der Waals surface area contributed by atoms with E-state index < -0.39 is 0 Å². The molecule has 0 radical (unpaired) electrons. The van der Waals surface area contributed by atoms with Crippen molar-refractivity contribution < 1.29 is 14.6 Å². The SMILES string of the molecule is CC(=O)OCCCn1cc(CNCCCO)nn1. The van der Waals surface area contributed by atoms with Gasteiger partial charge in [0.2, 0.25) is 0 Å². The molecular formula is C11H20N4O3. The van der Waals surface area contributed by atoms with Gasteiger partial charge in [-0.1, -0.05) is 5.21 Å². The highest BCUT2D eigenvalue weighted by molar-refractivity contribution is 5.65. The molecule has 0 aliphatic carbocycles. The van der Waals surface area contributed by atoms with E-state index in [1.54, 1.807) is 4.68 Å². The van der Waals surface area contributed by atoms with Crippen molar-refractivity contribution in [3.8, 4) is 0 Å². The van der Waals surface area contributed by atoms with Gasteiger partial charge in [0.05, 0.1) is 12.3 Å². The molecule has 7 nitrogen and oxygen atoms in total. The average molecular weight is 256 g/mol. The number of hydrogen-bond donors (Lipinski definition) is 2. The van der Waals surface area contributed by atoms with Crippen molar-refractivity contribution in [2.75, 3.05) is 19.8 Å². The lowest BCUT2D eigenvalue weighted by molar-refractivity contribution is -0.141. The molecular weight excluding hydrogens is 236 g/mol. The monoisotopic (exact) mass is 256 g/mol. The lowest BCUT2D eigenvalue weighted by Gasteiger charge is -2.01. The minimum atomic E-state index is -0.262. The van der Waals surface area contributed by atoms with Gasteiger partial charge in [-0.15, -0.1) is 5.10 Å². The summed E-state index contributed by atoms with van der Waals surface area (Å²) in [5.41, 5.74) is 0.862. The Kier molecular flexibility index (Phi) is 6.97. The minimum absolute atomic E-state index is 0.190. The number of aliphatic hydroxyl groups excluding tert-OH is 1. The Morgan fingerprint density at radius 2 is 2.39 bits per heavy atom. The number of nitrogens with zero attached hydrogens (tertiary/aromatic N) is 3. The molecule has 0 spiro atoms. The first-order valence-electron chi connectivity index (χ1n) is 6.06. The fraction of sp³-hybridized carbons (Fsp3) is 0.727. The first-order chi connectivity index (χ1) is 8.72. The summed E-state index contributed by atoms with van der Waals surface area (Å²) < 4.78 is 6.55. The fourth-order valence-corrected chi connectivity index (χ4v) is 1.39. The van der Waals surface area contributed by atoms with Gasteiger partial charge in [-0.25, -0.2) is 0 Å². The van der Waals surface area contributed by atoms with Gasteiger partial charge < -0.3 is 15.2 Å². The van der Waals surface area contributed by atoms with Crippen molar-refractivity contribution in [1.29, 1.82) is 0 Å². The Balaban J connectivity index is 2.15. The Labute approximate surface area is 106 Å². The number of hydrogen-bond acceptors (Lipinski definition) is 6. The Bertz CT molecular complexity index is 354. The van der Waals surface area contributed by atoms with Gasteiger partial charge in [-0.2, -0.15) is 0 Å². The van der Waals surface area contributed by atoms with Crippen molar-refractivity contribution in [3.63, 3.8) is 0 Å². The lowest BCUT2D eigenvalue weighted by Crippen LogP contribution is -2.15. The summed E-state index contributed by atoms with van der Waals surface area (Å²) in [5.74, 6) is -0.262. The van der Waals surface area contributed by atoms with Crippen LogP contribution in [0.4, 0.5) is 0 Å². The molecule has 2 N–H and O–H groups in total. The van der Waals surface area contributed by atoms with Crippen LogP contribution in [-0.2, 0) is 22.6 Å². The molecule has 0 unspecified atom stereocenters. The third-order valence-electron chi connectivity index (χ3n) is 2.24. The molecule has 102 valence electrons. The molecule has 0 saturated heterocycles. The number of aromatic nitrogens is 3. The lowest BCUT2D eigenvalue weighted by atomic mass is 10.4. The molecule has 1 rings (SSSR count). The maximum absolute atomic E-state index is 10.5. The zero-order chi connectivity index (χ0) is 13.2. The molecule has 0 saturated carbocycles. The van der Waals surface area contributed by atoms with Crippen LogP contribution >= 0.6 is 0 Å². The van der Waals surface area contributed by atoms with Gasteiger partial charge in [0.25, 0.3) is 0 Å². The van der Waals surface area contributed by atoms with Crippen LogP contribution in [-0.4, -0.2) is 45.8 Å². The zero-order valence-electron chi connectivity index (χ0n) is 10.6. The van der Waals surface area contributed by atoms with E-state index in [0.717, 1.165) is 25.1 Å². The number of carbonyl (C=O) groups excluding carboxylic acids is 1. The zero-order valence-corrected chi connectivity index (χ0v) is 10.6. The number of carbonyl (C=O) groups is 1. The van der Waals surface area contributed by atoms with Crippen molar-refractivity contribution in [3.05, 3.63) is 11.9 Å². The summed E-state index contributed by atoms with van der Waals surface area (Å²) in [7, 11) is 0. The molecule has 18 heavy (non-hydrogen) atoms. The van der Waals surface area contributed by atoms with Crippen LogP contribution in [0.3, 0.4) is 0 Å². The molecule has 0 fully saturated rings. The van der Waals surface area contributed by atoms with Crippen LogP contribution in [0, 0.1) is 0 Å². The Morgan fingerprint density at radius 3 is 3.11 bits per heavy atom. The minimum Gasteiger partial charge on any atom is -0.466 e. The van der Waals surface area contributed by atoms with Crippen molar-refractivity contribution >= 4 is 5.97 Å². The summed E-state index contributed by atoms with van der Waals surface area (Å²) in [6.07, 6.45) is 3.32. The van der Waals surface area contributed by atoms with E-state index in [1.165, 1.54) is 6.92 Å². The molecule has 0 aliphatic heterocycles. The molecule has 0 amide bonds. The highest BCUT2D eigenvalue weighted by Gasteiger charge is 2.00. The maximum Gasteiger partial charge on any atom is 0.302 e. The molecule has 0 bridgehead atoms. The van der Waals surface area contributed by atoms with Crippen molar-refractivity contribution in [2.24, 2.45) is 0 Å². The summed E-state index contributed by atoms with van der Waals surface area (Å²) in [6, 6.07) is 0. The van der Waals surface area contributed by atoms with Crippen LogP contribution in [0.5, 0.6) is 0 Å². The number of rotatable bonds is 9. The Morgan fingerprint density at radius 1 is 1.56 bits per heavy atom. The highest BCUT2D eigenvalue weighted by atomic mass is 16.5. The van der Waals surface area contributed by atoms with Crippen LogP contribution in [0.15, 0.2) is 6.20 Å². The molecule has 0 aromatic carbocycles. The normalized spacial score (nSPS) is 10.6. The largest absolute Gasteiger partial charge is 0.466 e. The quantitative estimate of drug-likeness (QED) is 0.466. The number of aliphatic hydroxyl groups is 1. The van der Waals surface area contributed by atoms with E-state index in [2.05, 4.69) is 15.6 Å². The van der Waals surface area contributed by atoms with E-state index in [9.17, 15) is 4.79 Å². The fourth-order valence-electron chi connectivity index (χ4n) is 1.39. The predicted octanol–water partition coefficient (Wildman–Crippen LogP) is -0.297. The van der Waals surface area contributed by atoms with Gasteiger partial charge >= 0.3 is 5.97 Å². The second-order valence-electron chi connectivity index (χ2n) is 3.92. The first kappa shape index (κ1) is 14.6. The summed E-state index contributed by atoms with van der Waals surface area (Å²) in [5, 5.41) is 19.7. The average Bonchev–Trinajstić information content (AvgIpc) is 2.78. The van der Waals surface area contributed by atoms with Crippen molar-refractivity contribution in [2.45, 2.75) is 32.9 Å². The molecule has 1 aromatic rings. The van der Waals surface area contributed by atoms with E-state index in [-0.39, 0.29) is 12.6 Å². The summed E-state index contributed by atoms with van der Waals surface area (Å²) in [4.78, 5) is 10.5. The van der Waals surface area contributed by atoms with Crippen LogP contribution < -0.4 is 5.32 Å². The second kappa shape index (κ2) is 8.60. The standard InChI is InChI=1S/C11H20N4O3/c1-10(17)18-7-3-5-15-9-11(13-14-15)8-12-4-2-6-16/h9,12,16H,2-8H2,1H3.